The summed E-state index contributed by atoms with van der Waals surface area (Å²) in [6, 6.07) is 17.8. The van der Waals surface area contributed by atoms with E-state index in [1.54, 1.807) is 24.3 Å². The van der Waals surface area contributed by atoms with Crippen LogP contribution in [0.2, 0.25) is 0 Å². The van der Waals surface area contributed by atoms with Crippen molar-refractivity contribution in [1.82, 2.24) is 10.6 Å². The lowest BCUT2D eigenvalue weighted by molar-refractivity contribution is -0.123. The van der Waals surface area contributed by atoms with Crippen LogP contribution in [0.5, 0.6) is 0 Å². The van der Waals surface area contributed by atoms with Crippen LogP contribution in [0.3, 0.4) is 0 Å². The summed E-state index contributed by atoms with van der Waals surface area (Å²) in [6.45, 7) is 9.82. The molecule has 3 N–H and O–H groups in total. The SMILES string of the molecule is CCNC(=O)Nc1ccc(C(=O)N(c2ccc(F)cc2)[C@H](C(=O)NC(C)(C)C)c2ccc(C)cc2)cc1. The highest BCUT2D eigenvalue weighted by Gasteiger charge is 2.35. The maximum atomic E-state index is 14.0. The van der Waals surface area contributed by atoms with Crippen LogP contribution in [-0.2, 0) is 4.79 Å². The van der Waals surface area contributed by atoms with E-state index in [1.165, 1.54) is 29.2 Å². The van der Waals surface area contributed by atoms with Gasteiger partial charge in [0.1, 0.15) is 11.9 Å². The number of benzene rings is 3. The molecule has 0 saturated carbocycles. The second-order valence-electron chi connectivity index (χ2n) is 9.77. The van der Waals surface area contributed by atoms with Gasteiger partial charge in [-0.3, -0.25) is 14.5 Å². The normalized spacial score (nSPS) is 11.8. The van der Waals surface area contributed by atoms with Crippen molar-refractivity contribution in [2.45, 2.75) is 46.2 Å². The van der Waals surface area contributed by atoms with E-state index >= 15 is 0 Å². The van der Waals surface area contributed by atoms with Gasteiger partial charge in [0, 0.05) is 29.0 Å². The Labute approximate surface area is 217 Å². The molecule has 0 heterocycles. The zero-order valence-corrected chi connectivity index (χ0v) is 21.8. The van der Waals surface area contributed by atoms with E-state index < -0.39 is 23.3 Å². The van der Waals surface area contributed by atoms with Gasteiger partial charge in [0.05, 0.1) is 0 Å². The van der Waals surface area contributed by atoms with Crippen LogP contribution in [0.1, 0.15) is 55.2 Å². The third-order valence-corrected chi connectivity index (χ3v) is 5.45. The molecule has 0 aliphatic carbocycles. The predicted molar refractivity (Wildman–Crippen MR) is 144 cm³/mol. The van der Waals surface area contributed by atoms with Gasteiger partial charge in [0.2, 0.25) is 5.91 Å². The van der Waals surface area contributed by atoms with Crippen molar-refractivity contribution in [3.8, 4) is 0 Å². The first-order valence-corrected chi connectivity index (χ1v) is 12.1. The van der Waals surface area contributed by atoms with Gasteiger partial charge in [-0.1, -0.05) is 29.8 Å². The van der Waals surface area contributed by atoms with Crippen molar-refractivity contribution in [3.63, 3.8) is 0 Å². The Morgan fingerprint density at radius 1 is 0.892 bits per heavy atom. The number of amides is 4. The van der Waals surface area contributed by atoms with Gasteiger partial charge >= 0.3 is 6.03 Å². The topological polar surface area (TPSA) is 90.5 Å². The van der Waals surface area contributed by atoms with Crippen molar-refractivity contribution >= 4 is 29.2 Å². The maximum absolute atomic E-state index is 14.0. The van der Waals surface area contributed by atoms with E-state index in [-0.39, 0.29) is 11.9 Å². The molecule has 8 heteroatoms. The van der Waals surface area contributed by atoms with E-state index in [0.29, 0.717) is 29.0 Å². The molecule has 3 aromatic carbocycles. The lowest BCUT2D eigenvalue weighted by Gasteiger charge is -2.34. The van der Waals surface area contributed by atoms with Gasteiger partial charge in [-0.05, 0) is 88.7 Å². The summed E-state index contributed by atoms with van der Waals surface area (Å²) in [6.07, 6.45) is 0. The molecule has 3 aromatic rings. The average molecular weight is 505 g/mol. The molecule has 7 nitrogen and oxygen atoms in total. The van der Waals surface area contributed by atoms with Gasteiger partial charge in [-0.15, -0.1) is 0 Å². The van der Waals surface area contributed by atoms with E-state index in [1.807, 2.05) is 58.9 Å². The van der Waals surface area contributed by atoms with Crippen molar-refractivity contribution < 1.29 is 18.8 Å². The number of anilines is 2. The maximum Gasteiger partial charge on any atom is 0.319 e. The van der Waals surface area contributed by atoms with Gasteiger partial charge in [0.25, 0.3) is 5.91 Å². The molecule has 0 spiro atoms. The lowest BCUT2D eigenvalue weighted by Crippen LogP contribution is -2.49. The second-order valence-corrected chi connectivity index (χ2v) is 9.77. The van der Waals surface area contributed by atoms with Crippen LogP contribution in [0.4, 0.5) is 20.6 Å². The summed E-state index contributed by atoms with van der Waals surface area (Å²) < 4.78 is 13.8. The smallest absolute Gasteiger partial charge is 0.319 e. The van der Waals surface area contributed by atoms with Crippen LogP contribution in [0.15, 0.2) is 72.8 Å². The number of urea groups is 1. The van der Waals surface area contributed by atoms with Crippen LogP contribution in [0, 0.1) is 12.7 Å². The van der Waals surface area contributed by atoms with Crippen LogP contribution < -0.4 is 20.9 Å². The Kier molecular flexibility index (Phi) is 8.65. The number of carbonyl (C=O) groups excluding carboxylic acids is 3. The third kappa shape index (κ3) is 7.39. The summed E-state index contributed by atoms with van der Waals surface area (Å²) in [5.74, 6) is -1.28. The highest BCUT2D eigenvalue weighted by molar-refractivity contribution is 6.10. The van der Waals surface area contributed by atoms with Crippen LogP contribution in [0.25, 0.3) is 0 Å². The monoisotopic (exact) mass is 504 g/mol. The number of rotatable bonds is 7. The minimum Gasteiger partial charge on any atom is -0.349 e. The predicted octanol–water partition coefficient (Wildman–Crippen LogP) is 5.58. The number of nitrogens with one attached hydrogen (secondary N) is 3. The van der Waals surface area contributed by atoms with E-state index in [4.69, 9.17) is 0 Å². The lowest BCUT2D eigenvalue weighted by atomic mass is 9.99. The molecule has 0 aliphatic rings. The number of aryl methyl sites for hydroxylation is 1. The second kappa shape index (κ2) is 11.7. The summed E-state index contributed by atoms with van der Waals surface area (Å²) in [7, 11) is 0. The molecule has 0 aromatic heterocycles. The Hall–Kier alpha value is -4.20. The number of halogens is 1. The molecule has 0 radical (unpaired) electrons. The zero-order valence-electron chi connectivity index (χ0n) is 21.8. The summed E-state index contributed by atoms with van der Waals surface area (Å²) in [4.78, 5) is 40.8. The van der Waals surface area contributed by atoms with E-state index in [2.05, 4.69) is 16.0 Å². The first-order valence-electron chi connectivity index (χ1n) is 12.1. The highest BCUT2D eigenvalue weighted by Crippen LogP contribution is 2.31. The fourth-order valence-electron chi connectivity index (χ4n) is 3.76. The van der Waals surface area contributed by atoms with Crippen molar-refractivity contribution in [2.24, 2.45) is 0 Å². The molecule has 3 rings (SSSR count). The standard InChI is InChI=1S/C29H33FN4O3/c1-6-31-28(37)32-23-15-11-21(12-16-23)27(36)34(24-17-13-22(30)14-18-24)25(26(35)33-29(3,4)5)20-9-7-19(2)8-10-20/h7-18,25H,6H2,1-5H3,(H,33,35)(H2,31,32,37)/t25-/m0/s1. The van der Waals surface area contributed by atoms with Crippen LogP contribution >= 0.6 is 0 Å². The number of hydrogen-bond donors (Lipinski definition) is 3. The van der Waals surface area contributed by atoms with Crippen molar-refractivity contribution in [3.05, 3.63) is 95.3 Å². The third-order valence-electron chi connectivity index (χ3n) is 5.45. The average Bonchev–Trinajstić information content (AvgIpc) is 2.83. The first kappa shape index (κ1) is 27.4. The molecule has 0 fully saturated rings. The Morgan fingerprint density at radius 2 is 1.49 bits per heavy atom. The van der Waals surface area contributed by atoms with Gasteiger partial charge in [0.15, 0.2) is 0 Å². The summed E-state index contributed by atoms with van der Waals surface area (Å²) >= 11 is 0. The molecule has 0 bridgehead atoms. The molecule has 37 heavy (non-hydrogen) atoms. The van der Waals surface area contributed by atoms with Gasteiger partial charge < -0.3 is 16.0 Å². The molecule has 194 valence electrons. The minimum atomic E-state index is -1.02. The minimum absolute atomic E-state index is 0.298. The van der Waals surface area contributed by atoms with E-state index in [0.717, 1.165) is 5.56 Å². The highest BCUT2D eigenvalue weighted by atomic mass is 19.1. The molecule has 0 aliphatic heterocycles. The summed E-state index contributed by atoms with van der Waals surface area (Å²) in [5.41, 5.74) is 2.24. The summed E-state index contributed by atoms with van der Waals surface area (Å²) in [5, 5.41) is 8.32. The molecule has 4 amide bonds. The molecular weight excluding hydrogens is 471 g/mol. The first-order chi connectivity index (χ1) is 17.5. The fourth-order valence-corrected chi connectivity index (χ4v) is 3.76. The zero-order chi connectivity index (χ0) is 27.2. The fraction of sp³-hybridized carbons (Fsp3) is 0.276. The van der Waals surface area contributed by atoms with Crippen molar-refractivity contribution in [2.75, 3.05) is 16.8 Å². The Bertz CT molecular complexity index is 1230. The van der Waals surface area contributed by atoms with E-state index in [9.17, 15) is 18.8 Å². The van der Waals surface area contributed by atoms with Crippen molar-refractivity contribution in [1.29, 1.82) is 0 Å². The molecule has 0 unspecified atom stereocenters. The quantitative estimate of drug-likeness (QED) is 0.392. The number of carbonyl (C=O) groups is 3. The molecular formula is C29H33FN4O3. The largest absolute Gasteiger partial charge is 0.349 e. The number of hydrogen-bond acceptors (Lipinski definition) is 3. The molecule has 1 atom stereocenters. The molecule has 0 saturated heterocycles. The van der Waals surface area contributed by atoms with Gasteiger partial charge in [-0.25, -0.2) is 9.18 Å². The van der Waals surface area contributed by atoms with Crippen LogP contribution in [-0.4, -0.2) is 29.9 Å². The Morgan fingerprint density at radius 3 is 2.03 bits per heavy atom. The van der Waals surface area contributed by atoms with Gasteiger partial charge in [-0.2, -0.15) is 0 Å². The number of nitrogens with zero attached hydrogens (tertiary/aromatic N) is 1. The Balaban J connectivity index is 2.08.